The molecule has 0 spiro atoms. The zero-order valence-corrected chi connectivity index (χ0v) is 15.2. The Balaban J connectivity index is 2.52. The number of ether oxygens (including phenoxy) is 3. The Bertz CT molecular complexity index is 770. The first-order valence-corrected chi connectivity index (χ1v) is 7.90. The van der Waals surface area contributed by atoms with Crippen LogP contribution in [-0.2, 0) is 20.7 Å². The molecule has 2 rings (SSSR count). The van der Waals surface area contributed by atoms with Crippen molar-refractivity contribution in [1.29, 1.82) is 0 Å². The summed E-state index contributed by atoms with van der Waals surface area (Å²) in [7, 11) is 2.89. The fourth-order valence-corrected chi connectivity index (χ4v) is 2.38. The number of para-hydroxylation sites is 1. The van der Waals surface area contributed by atoms with Gasteiger partial charge in [0.2, 0.25) is 0 Å². The maximum absolute atomic E-state index is 12.6. The minimum atomic E-state index is -0.637. The van der Waals surface area contributed by atoms with E-state index in [2.05, 4.69) is 0 Å². The fraction of sp³-hybridized carbons (Fsp3) is 0.368. The molecular weight excluding hydrogens is 322 g/mol. The van der Waals surface area contributed by atoms with E-state index in [1.165, 1.54) is 11.7 Å². The van der Waals surface area contributed by atoms with Crippen molar-refractivity contribution in [2.75, 3.05) is 14.2 Å². The van der Waals surface area contributed by atoms with Crippen molar-refractivity contribution in [1.82, 2.24) is 4.57 Å². The van der Waals surface area contributed by atoms with E-state index in [0.29, 0.717) is 17.0 Å². The third-order valence-electron chi connectivity index (χ3n) is 3.43. The van der Waals surface area contributed by atoms with E-state index in [4.69, 9.17) is 14.2 Å². The molecule has 6 heteroatoms. The second kappa shape index (κ2) is 7.42. The molecule has 0 aliphatic heterocycles. The average molecular weight is 345 g/mol. The lowest BCUT2D eigenvalue weighted by atomic mass is 10.1. The summed E-state index contributed by atoms with van der Waals surface area (Å²) in [5, 5.41) is 0. The lowest BCUT2D eigenvalue weighted by molar-refractivity contribution is -0.139. The Morgan fingerprint density at radius 1 is 1.12 bits per heavy atom. The van der Waals surface area contributed by atoms with Gasteiger partial charge in [0.1, 0.15) is 11.4 Å². The number of carbonyl (C=O) groups is 2. The Morgan fingerprint density at radius 3 is 2.40 bits per heavy atom. The van der Waals surface area contributed by atoms with Crippen molar-refractivity contribution in [2.24, 2.45) is 0 Å². The standard InChI is InChI=1S/C19H23NO5/c1-19(2,3)25-18(22)20-12-13(11-17(21)24-5)10-15(20)14-8-6-7-9-16(14)23-4/h6-10,12H,11H2,1-5H3. The van der Waals surface area contributed by atoms with Gasteiger partial charge in [0.15, 0.2) is 0 Å². The molecule has 0 amide bonds. The summed E-state index contributed by atoms with van der Waals surface area (Å²) in [6.07, 6.45) is 1.13. The van der Waals surface area contributed by atoms with E-state index in [1.54, 1.807) is 40.1 Å². The molecule has 0 bridgehead atoms. The highest BCUT2D eigenvalue weighted by molar-refractivity contribution is 5.82. The molecule has 1 aromatic heterocycles. The molecule has 1 aromatic carbocycles. The molecule has 0 saturated carbocycles. The zero-order valence-electron chi connectivity index (χ0n) is 15.2. The Kier molecular flexibility index (Phi) is 5.51. The van der Waals surface area contributed by atoms with E-state index in [-0.39, 0.29) is 12.4 Å². The number of hydrogen-bond acceptors (Lipinski definition) is 5. The van der Waals surface area contributed by atoms with Crippen molar-refractivity contribution in [3.63, 3.8) is 0 Å². The Hall–Kier alpha value is -2.76. The number of benzene rings is 1. The number of aromatic nitrogens is 1. The van der Waals surface area contributed by atoms with Crippen LogP contribution in [0.4, 0.5) is 4.79 Å². The molecule has 0 atom stereocenters. The summed E-state index contributed by atoms with van der Waals surface area (Å²) < 4.78 is 17.0. The van der Waals surface area contributed by atoms with Crippen LogP contribution in [0.15, 0.2) is 36.5 Å². The minimum Gasteiger partial charge on any atom is -0.496 e. The van der Waals surface area contributed by atoms with Gasteiger partial charge in [-0.25, -0.2) is 4.79 Å². The molecule has 0 N–H and O–H groups in total. The van der Waals surface area contributed by atoms with Crippen molar-refractivity contribution >= 4 is 12.1 Å². The van der Waals surface area contributed by atoms with E-state index < -0.39 is 11.7 Å². The topological polar surface area (TPSA) is 66.8 Å². The molecule has 6 nitrogen and oxygen atoms in total. The molecule has 0 fully saturated rings. The van der Waals surface area contributed by atoms with Crippen LogP contribution < -0.4 is 4.74 Å². The average Bonchev–Trinajstić information content (AvgIpc) is 2.96. The summed E-state index contributed by atoms with van der Waals surface area (Å²) in [6.45, 7) is 5.39. The van der Waals surface area contributed by atoms with Crippen LogP contribution in [0.2, 0.25) is 0 Å². The van der Waals surface area contributed by atoms with Gasteiger partial charge in [-0.3, -0.25) is 9.36 Å². The highest BCUT2D eigenvalue weighted by atomic mass is 16.6. The van der Waals surface area contributed by atoms with Gasteiger partial charge in [-0.1, -0.05) is 12.1 Å². The van der Waals surface area contributed by atoms with E-state index in [0.717, 1.165) is 5.56 Å². The number of esters is 1. The monoisotopic (exact) mass is 345 g/mol. The van der Waals surface area contributed by atoms with Crippen LogP contribution >= 0.6 is 0 Å². The minimum absolute atomic E-state index is 0.0639. The Morgan fingerprint density at radius 2 is 1.80 bits per heavy atom. The molecular formula is C19H23NO5. The fourth-order valence-electron chi connectivity index (χ4n) is 2.38. The number of nitrogens with zero attached hydrogens (tertiary/aromatic N) is 1. The predicted octanol–water partition coefficient (Wildman–Crippen LogP) is 3.66. The molecule has 0 unspecified atom stereocenters. The third-order valence-corrected chi connectivity index (χ3v) is 3.43. The summed E-state index contributed by atoms with van der Waals surface area (Å²) in [4.78, 5) is 24.2. The molecule has 0 saturated heterocycles. The molecule has 1 heterocycles. The number of carbonyl (C=O) groups excluding carboxylic acids is 2. The molecule has 25 heavy (non-hydrogen) atoms. The summed E-state index contributed by atoms with van der Waals surface area (Å²) in [5.74, 6) is 0.239. The molecule has 134 valence electrons. The molecule has 0 radical (unpaired) electrons. The quantitative estimate of drug-likeness (QED) is 0.791. The SMILES string of the molecule is COC(=O)Cc1cc(-c2ccccc2OC)n(C(=O)OC(C)(C)C)c1. The smallest absolute Gasteiger partial charge is 0.419 e. The Labute approximate surface area is 147 Å². The highest BCUT2D eigenvalue weighted by Gasteiger charge is 2.23. The van der Waals surface area contributed by atoms with Gasteiger partial charge in [0.25, 0.3) is 0 Å². The van der Waals surface area contributed by atoms with Crippen LogP contribution in [0.1, 0.15) is 26.3 Å². The van der Waals surface area contributed by atoms with E-state index in [9.17, 15) is 9.59 Å². The number of hydrogen-bond donors (Lipinski definition) is 0. The molecule has 2 aromatic rings. The molecule has 0 aliphatic carbocycles. The van der Waals surface area contributed by atoms with Gasteiger partial charge >= 0.3 is 12.1 Å². The van der Waals surface area contributed by atoms with Gasteiger partial charge < -0.3 is 14.2 Å². The van der Waals surface area contributed by atoms with Gasteiger partial charge in [-0.05, 0) is 44.5 Å². The number of methoxy groups -OCH3 is 2. The van der Waals surface area contributed by atoms with Crippen LogP contribution in [0.25, 0.3) is 11.3 Å². The van der Waals surface area contributed by atoms with Crippen molar-refractivity contribution in [3.8, 4) is 17.0 Å². The van der Waals surface area contributed by atoms with Gasteiger partial charge in [-0.15, -0.1) is 0 Å². The van der Waals surface area contributed by atoms with Crippen LogP contribution in [0.5, 0.6) is 5.75 Å². The van der Waals surface area contributed by atoms with Crippen molar-refractivity contribution < 1.29 is 23.8 Å². The highest BCUT2D eigenvalue weighted by Crippen LogP contribution is 2.32. The maximum atomic E-state index is 12.6. The normalized spacial score (nSPS) is 11.1. The van der Waals surface area contributed by atoms with Crippen molar-refractivity contribution in [2.45, 2.75) is 32.8 Å². The first kappa shape index (κ1) is 18.6. The number of rotatable bonds is 4. The lowest BCUT2D eigenvalue weighted by Gasteiger charge is -2.20. The third kappa shape index (κ3) is 4.62. The van der Waals surface area contributed by atoms with Gasteiger partial charge in [0, 0.05) is 11.8 Å². The predicted molar refractivity (Wildman–Crippen MR) is 93.8 cm³/mol. The van der Waals surface area contributed by atoms with Crippen LogP contribution in [-0.4, -0.2) is 36.5 Å². The van der Waals surface area contributed by atoms with Gasteiger partial charge in [0.05, 0.1) is 26.3 Å². The summed E-state index contributed by atoms with van der Waals surface area (Å²) in [5.41, 5.74) is 1.33. The van der Waals surface area contributed by atoms with Crippen LogP contribution in [0, 0.1) is 0 Å². The van der Waals surface area contributed by atoms with E-state index in [1.807, 2.05) is 24.3 Å². The maximum Gasteiger partial charge on any atom is 0.419 e. The first-order valence-electron chi connectivity index (χ1n) is 7.90. The first-order chi connectivity index (χ1) is 11.7. The van der Waals surface area contributed by atoms with Crippen LogP contribution in [0.3, 0.4) is 0 Å². The van der Waals surface area contributed by atoms with Gasteiger partial charge in [-0.2, -0.15) is 0 Å². The van der Waals surface area contributed by atoms with Crippen molar-refractivity contribution in [3.05, 3.63) is 42.1 Å². The molecule has 0 aliphatic rings. The second-order valence-corrected chi connectivity index (χ2v) is 6.54. The second-order valence-electron chi connectivity index (χ2n) is 6.54. The summed E-state index contributed by atoms with van der Waals surface area (Å²) >= 11 is 0. The lowest BCUT2D eigenvalue weighted by Crippen LogP contribution is -2.27. The summed E-state index contributed by atoms with van der Waals surface area (Å²) in [6, 6.07) is 9.11. The zero-order chi connectivity index (χ0) is 18.6. The van der Waals surface area contributed by atoms with E-state index >= 15 is 0 Å². The largest absolute Gasteiger partial charge is 0.496 e.